The predicted molar refractivity (Wildman–Crippen MR) is 105 cm³/mol. The van der Waals surface area contributed by atoms with Crippen molar-refractivity contribution in [3.8, 4) is 23.0 Å². The molecule has 146 valence electrons. The Bertz CT molecular complexity index is 930. The van der Waals surface area contributed by atoms with E-state index in [9.17, 15) is 14.7 Å². The molecule has 0 radical (unpaired) electrons. The highest BCUT2D eigenvalue weighted by atomic mass is 16.5. The molecular weight excluding hydrogens is 362 g/mol. The molecule has 0 aliphatic rings. The van der Waals surface area contributed by atoms with Crippen LogP contribution in [0.5, 0.6) is 23.0 Å². The maximum atomic E-state index is 12.0. The highest BCUT2D eigenvalue weighted by Gasteiger charge is 2.22. The molecule has 0 aliphatic heterocycles. The van der Waals surface area contributed by atoms with Gasteiger partial charge in [0.05, 0.1) is 44.1 Å². The second-order valence-corrected chi connectivity index (χ2v) is 5.51. The van der Waals surface area contributed by atoms with Gasteiger partial charge in [0, 0.05) is 12.4 Å². The van der Waals surface area contributed by atoms with Gasteiger partial charge in [-0.1, -0.05) is 6.07 Å². The normalized spacial score (nSPS) is 9.82. The standard InChI is InChI=1S/C16H16O6.C5H5N/c1-20-11-4-5-12(21-2)15-14(11)13(22-3)8-9(16(15)19)10(18)6-7-17;1-2-4-6-5-3-1/h4-5,7-8,19H,6H2,1-3H3;1-5H. The van der Waals surface area contributed by atoms with Crippen LogP contribution in [-0.4, -0.2) is 43.5 Å². The lowest BCUT2D eigenvalue weighted by Crippen LogP contribution is -2.03. The number of methoxy groups -OCH3 is 3. The zero-order valence-electron chi connectivity index (χ0n) is 15.8. The van der Waals surface area contributed by atoms with Gasteiger partial charge in [-0.15, -0.1) is 0 Å². The molecule has 0 saturated heterocycles. The summed E-state index contributed by atoms with van der Waals surface area (Å²) in [5.41, 5.74) is 0.00278. The van der Waals surface area contributed by atoms with Gasteiger partial charge in [-0.25, -0.2) is 0 Å². The van der Waals surface area contributed by atoms with E-state index in [0.717, 1.165) is 0 Å². The van der Waals surface area contributed by atoms with Crippen LogP contribution in [0.2, 0.25) is 0 Å². The van der Waals surface area contributed by atoms with E-state index in [0.29, 0.717) is 34.3 Å². The van der Waals surface area contributed by atoms with Crippen LogP contribution >= 0.6 is 0 Å². The number of aromatic nitrogens is 1. The predicted octanol–water partition coefficient (Wildman–Crippen LogP) is 3.42. The monoisotopic (exact) mass is 383 g/mol. The number of phenols is 1. The molecule has 0 atom stereocenters. The number of aldehydes is 1. The fraction of sp³-hybridized carbons (Fsp3) is 0.190. The van der Waals surface area contributed by atoms with E-state index in [1.807, 2.05) is 18.2 Å². The molecule has 0 unspecified atom stereocenters. The zero-order chi connectivity index (χ0) is 20.5. The van der Waals surface area contributed by atoms with Crippen molar-refractivity contribution < 1.29 is 28.9 Å². The van der Waals surface area contributed by atoms with Crippen LogP contribution in [0.3, 0.4) is 0 Å². The highest BCUT2D eigenvalue weighted by Crippen LogP contribution is 2.45. The quantitative estimate of drug-likeness (QED) is 0.396. The number of carbonyl (C=O) groups excluding carboxylic acids is 2. The number of hydrogen-bond acceptors (Lipinski definition) is 7. The molecule has 28 heavy (non-hydrogen) atoms. The minimum Gasteiger partial charge on any atom is -0.506 e. The van der Waals surface area contributed by atoms with Crippen molar-refractivity contribution >= 4 is 22.8 Å². The number of Topliss-reactive ketones (excluding diaryl/α,β-unsaturated/α-hetero) is 1. The lowest BCUT2D eigenvalue weighted by Gasteiger charge is -2.16. The van der Waals surface area contributed by atoms with E-state index in [2.05, 4.69) is 4.98 Å². The Balaban J connectivity index is 0.000000397. The van der Waals surface area contributed by atoms with Gasteiger partial charge in [-0.2, -0.15) is 0 Å². The number of ether oxygens (including phenoxy) is 3. The number of phenolic OH excluding ortho intramolecular Hbond substituents is 1. The van der Waals surface area contributed by atoms with Gasteiger partial charge in [-0.05, 0) is 30.3 Å². The maximum Gasteiger partial charge on any atom is 0.173 e. The molecule has 7 heteroatoms. The van der Waals surface area contributed by atoms with Crippen LogP contribution in [0, 0.1) is 0 Å². The molecule has 7 nitrogen and oxygen atoms in total. The summed E-state index contributed by atoms with van der Waals surface area (Å²) in [5.74, 6) is 0.415. The van der Waals surface area contributed by atoms with E-state index in [-0.39, 0.29) is 17.7 Å². The fourth-order valence-electron chi connectivity index (χ4n) is 2.66. The average molecular weight is 383 g/mol. The first-order valence-electron chi connectivity index (χ1n) is 8.35. The van der Waals surface area contributed by atoms with E-state index in [1.54, 1.807) is 24.5 Å². The van der Waals surface area contributed by atoms with Crippen LogP contribution in [-0.2, 0) is 4.79 Å². The molecule has 0 spiro atoms. The van der Waals surface area contributed by atoms with Gasteiger partial charge in [0.25, 0.3) is 0 Å². The Morgan fingerprint density at radius 2 is 1.54 bits per heavy atom. The van der Waals surface area contributed by atoms with Gasteiger partial charge in [0.15, 0.2) is 5.78 Å². The van der Waals surface area contributed by atoms with Crippen molar-refractivity contribution in [1.29, 1.82) is 0 Å². The third kappa shape index (κ3) is 4.37. The molecule has 1 aromatic heterocycles. The SMILES string of the molecule is COc1ccc(OC)c2c(O)c(C(=O)CC=O)cc(OC)c12.c1ccncc1. The summed E-state index contributed by atoms with van der Waals surface area (Å²) < 4.78 is 15.8. The molecule has 2 aromatic carbocycles. The first-order valence-corrected chi connectivity index (χ1v) is 8.35. The molecule has 0 fully saturated rings. The average Bonchev–Trinajstić information content (AvgIpc) is 2.75. The molecule has 0 amide bonds. The molecule has 0 aliphatic carbocycles. The van der Waals surface area contributed by atoms with Gasteiger partial charge in [-0.3, -0.25) is 9.78 Å². The van der Waals surface area contributed by atoms with Crippen LogP contribution in [0.4, 0.5) is 0 Å². The summed E-state index contributed by atoms with van der Waals surface area (Å²) in [5, 5.41) is 11.3. The second-order valence-electron chi connectivity index (χ2n) is 5.51. The van der Waals surface area contributed by atoms with Crippen LogP contribution in [0.1, 0.15) is 16.8 Å². The summed E-state index contributed by atoms with van der Waals surface area (Å²) in [6, 6.07) is 10.4. The molecule has 0 saturated carbocycles. The van der Waals surface area contributed by atoms with Crippen LogP contribution in [0.15, 0.2) is 48.8 Å². The number of ketones is 1. The first kappa shape index (κ1) is 20.7. The summed E-state index contributed by atoms with van der Waals surface area (Å²) >= 11 is 0. The van der Waals surface area contributed by atoms with Crippen molar-refractivity contribution in [2.75, 3.05) is 21.3 Å². The Labute approximate surface area is 162 Å². The second kappa shape index (κ2) is 9.91. The maximum absolute atomic E-state index is 12.0. The zero-order valence-corrected chi connectivity index (χ0v) is 15.8. The molecular formula is C21H21NO6. The summed E-state index contributed by atoms with van der Waals surface area (Å²) in [4.78, 5) is 26.4. The number of fused-ring (bicyclic) bond motifs is 1. The van der Waals surface area contributed by atoms with E-state index in [4.69, 9.17) is 14.2 Å². The molecule has 3 aromatic rings. The van der Waals surface area contributed by atoms with Gasteiger partial charge in [0.2, 0.25) is 0 Å². The number of rotatable bonds is 6. The number of aromatic hydroxyl groups is 1. The Morgan fingerprint density at radius 3 is 1.96 bits per heavy atom. The highest BCUT2D eigenvalue weighted by molar-refractivity contribution is 6.12. The summed E-state index contributed by atoms with van der Waals surface area (Å²) in [7, 11) is 4.38. The summed E-state index contributed by atoms with van der Waals surface area (Å²) in [6.07, 6.45) is 3.66. The molecule has 1 heterocycles. The topological polar surface area (TPSA) is 95.0 Å². The fourth-order valence-corrected chi connectivity index (χ4v) is 2.66. The third-order valence-corrected chi connectivity index (χ3v) is 3.94. The van der Waals surface area contributed by atoms with E-state index < -0.39 is 5.78 Å². The number of nitrogens with zero attached hydrogens (tertiary/aromatic N) is 1. The van der Waals surface area contributed by atoms with Crippen molar-refractivity contribution in [2.45, 2.75) is 6.42 Å². The Morgan fingerprint density at radius 1 is 0.964 bits per heavy atom. The van der Waals surface area contributed by atoms with Gasteiger partial charge in [0.1, 0.15) is 29.3 Å². The third-order valence-electron chi connectivity index (χ3n) is 3.94. The molecule has 1 N–H and O–H groups in total. The lowest BCUT2D eigenvalue weighted by molar-refractivity contribution is -0.107. The van der Waals surface area contributed by atoms with Crippen LogP contribution < -0.4 is 14.2 Å². The van der Waals surface area contributed by atoms with E-state index in [1.165, 1.54) is 27.4 Å². The number of pyridine rings is 1. The van der Waals surface area contributed by atoms with Crippen molar-refractivity contribution in [3.63, 3.8) is 0 Å². The lowest BCUT2D eigenvalue weighted by atomic mass is 9.99. The Hall–Kier alpha value is -3.61. The van der Waals surface area contributed by atoms with Crippen molar-refractivity contribution in [1.82, 2.24) is 4.98 Å². The summed E-state index contributed by atoms with van der Waals surface area (Å²) in [6.45, 7) is 0. The van der Waals surface area contributed by atoms with Gasteiger partial charge >= 0.3 is 0 Å². The number of carbonyl (C=O) groups is 2. The Kier molecular flexibility index (Phi) is 7.33. The number of benzene rings is 2. The minimum absolute atomic E-state index is 0.00278. The smallest absolute Gasteiger partial charge is 0.173 e. The van der Waals surface area contributed by atoms with Gasteiger partial charge < -0.3 is 24.1 Å². The van der Waals surface area contributed by atoms with E-state index >= 15 is 0 Å². The first-order chi connectivity index (χ1) is 13.6. The van der Waals surface area contributed by atoms with Crippen LogP contribution in [0.25, 0.3) is 10.8 Å². The molecule has 0 bridgehead atoms. The largest absolute Gasteiger partial charge is 0.506 e. The minimum atomic E-state index is -0.502. The molecule has 3 rings (SSSR count). The number of hydrogen-bond donors (Lipinski definition) is 1. The van der Waals surface area contributed by atoms with Crippen molar-refractivity contribution in [2.24, 2.45) is 0 Å². The van der Waals surface area contributed by atoms with Crippen molar-refractivity contribution in [3.05, 3.63) is 54.4 Å².